The lowest BCUT2D eigenvalue weighted by molar-refractivity contribution is 0.137. The molecule has 0 spiro atoms. The van der Waals surface area contributed by atoms with Gasteiger partial charge in [-0.15, -0.1) is 0 Å². The van der Waals surface area contributed by atoms with Crippen LogP contribution in [0, 0.1) is 6.92 Å². The molecule has 1 fully saturated rings. The standard InChI is InChI=1S/C18H22ClN3O3/c1-13-10-16(17(24-2)11-15(13)19)20-18(23)22-7-5-21(6-8-22)12-14-4-3-9-25-14/h3-4,9-11H,5-8,12H2,1-2H3,(H,20,23). The second-order valence-electron chi connectivity index (χ2n) is 6.07. The van der Waals surface area contributed by atoms with E-state index < -0.39 is 0 Å². The van der Waals surface area contributed by atoms with Crippen molar-refractivity contribution < 1.29 is 13.9 Å². The fraction of sp³-hybridized carbons (Fsp3) is 0.389. The minimum atomic E-state index is -0.127. The number of carbonyl (C=O) groups is 1. The van der Waals surface area contributed by atoms with E-state index in [1.54, 1.807) is 19.4 Å². The van der Waals surface area contributed by atoms with Gasteiger partial charge in [-0.1, -0.05) is 11.6 Å². The summed E-state index contributed by atoms with van der Waals surface area (Å²) in [4.78, 5) is 16.6. The molecule has 1 N–H and O–H groups in total. The van der Waals surface area contributed by atoms with Gasteiger partial charge in [0.2, 0.25) is 0 Å². The minimum absolute atomic E-state index is 0.127. The van der Waals surface area contributed by atoms with E-state index in [0.29, 0.717) is 29.5 Å². The van der Waals surface area contributed by atoms with Crippen LogP contribution in [0.2, 0.25) is 5.02 Å². The van der Waals surface area contributed by atoms with Gasteiger partial charge >= 0.3 is 6.03 Å². The molecule has 0 unspecified atom stereocenters. The fourth-order valence-electron chi connectivity index (χ4n) is 2.86. The maximum Gasteiger partial charge on any atom is 0.322 e. The first-order chi connectivity index (χ1) is 12.1. The maximum atomic E-state index is 12.5. The van der Waals surface area contributed by atoms with Crippen LogP contribution in [0.25, 0.3) is 0 Å². The summed E-state index contributed by atoms with van der Waals surface area (Å²) in [5.74, 6) is 1.50. The van der Waals surface area contributed by atoms with Gasteiger partial charge in [0.15, 0.2) is 0 Å². The molecular weight excluding hydrogens is 342 g/mol. The predicted molar refractivity (Wildman–Crippen MR) is 97.3 cm³/mol. The smallest absolute Gasteiger partial charge is 0.322 e. The number of benzene rings is 1. The second kappa shape index (κ2) is 7.80. The van der Waals surface area contributed by atoms with E-state index in [9.17, 15) is 4.79 Å². The van der Waals surface area contributed by atoms with Crippen molar-refractivity contribution in [3.8, 4) is 5.75 Å². The van der Waals surface area contributed by atoms with Gasteiger partial charge in [-0.05, 0) is 30.7 Å². The summed E-state index contributed by atoms with van der Waals surface area (Å²) in [7, 11) is 1.56. The molecule has 7 heteroatoms. The first-order valence-corrected chi connectivity index (χ1v) is 8.59. The number of nitrogens with one attached hydrogen (secondary N) is 1. The number of amides is 2. The molecule has 0 bridgehead atoms. The van der Waals surface area contributed by atoms with E-state index >= 15 is 0 Å². The first-order valence-electron chi connectivity index (χ1n) is 8.21. The van der Waals surface area contributed by atoms with Crippen LogP contribution in [-0.4, -0.2) is 49.1 Å². The average Bonchev–Trinajstić information content (AvgIpc) is 3.11. The monoisotopic (exact) mass is 363 g/mol. The molecule has 1 aliphatic heterocycles. The highest BCUT2D eigenvalue weighted by Crippen LogP contribution is 2.31. The second-order valence-corrected chi connectivity index (χ2v) is 6.48. The van der Waals surface area contributed by atoms with Gasteiger partial charge < -0.3 is 19.4 Å². The topological polar surface area (TPSA) is 58.0 Å². The van der Waals surface area contributed by atoms with E-state index in [-0.39, 0.29) is 6.03 Å². The van der Waals surface area contributed by atoms with Crippen molar-refractivity contribution in [1.82, 2.24) is 9.80 Å². The number of nitrogens with zero attached hydrogens (tertiary/aromatic N) is 2. The van der Waals surface area contributed by atoms with Gasteiger partial charge in [0.05, 0.1) is 25.6 Å². The summed E-state index contributed by atoms with van der Waals surface area (Å²) < 4.78 is 10.7. The third-order valence-corrected chi connectivity index (χ3v) is 4.75. The van der Waals surface area contributed by atoms with Crippen LogP contribution in [0.3, 0.4) is 0 Å². The third-order valence-electron chi connectivity index (χ3n) is 4.34. The van der Waals surface area contributed by atoms with E-state index in [2.05, 4.69) is 10.2 Å². The molecule has 2 aromatic rings. The van der Waals surface area contributed by atoms with Crippen molar-refractivity contribution >= 4 is 23.3 Å². The predicted octanol–water partition coefficient (Wildman–Crippen LogP) is 3.60. The number of methoxy groups -OCH3 is 1. The van der Waals surface area contributed by atoms with Crippen molar-refractivity contribution in [1.29, 1.82) is 0 Å². The summed E-state index contributed by atoms with van der Waals surface area (Å²) >= 11 is 6.11. The van der Waals surface area contributed by atoms with Crippen LogP contribution < -0.4 is 10.1 Å². The van der Waals surface area contributed by atoms with E-state index in [0.717, 1.165) is 31.0 Å². The lowest BCUT2D eigenvalue weighted by Gasteiger charge is -2.34. The normalized spacial score (nSPS) is 15.2. The van der Waals surface area contributed by atoms with Crippen LogP contribution in [-0.2, 0) is 6.54 Å². The van der Waals surface area contributed by atoms with Crippen LogP contribution >= 0.6 is 11.6 Å². The molecule has 25 heavy (non-hydrogen) atoms. The Morgan fingerprint density at radius 3 is 2.72 bits per heavy atom. The zero-order valence-corrected chi connectivity index (χ0v) is 15.2. The summed E-state index contributed by atoms with van der Waals surface area (Å²) in [6.45, 7) is 5.62. The van der Waals surface area contributed by atoms with Crippen molar-refractivity contribution in [2.24, 2.45) is 0 Å². The number of hydrogen-bond donors (Lipinski definition) is 1. The third kappa shape index (κ3) is 4.27. The number of rotatable bonds is 4. The largest absolute Gasteiger partial charge is 0.495 e. The molecule has 1 aliphatic rings. The highest BCUT2D eigenvalue weighted by atomic mass is 35.5. The average molecular weight is 364 g/mol. The zero-order chi connectivity index (χ0) is 17.8. The molecule has 1 aromatic carbocycles. The lowest BCUT2D eigenvalue weighted by atomic mass is 10.2. The van der Waals surface area contributed by atoms with Crippen LogP contribution in [0.5, 0.6) is 5.75 Å². The molecule has 134 valence electrons. The van der Waals surface area contributed by atoms with Gasteiger partial charge in [-0.2, -0.15) is 0 Å². The summed E-state index contributed by atoms with van der Waals surface area (Å²) in [5, 5.41) is 3.54. The molecule has 2 amide bonds. The van der Waals surface area contributed by atoms with Crippen molar-refractivity contribution in [2.75, 3.05) is 38.6 Å². The minimum Gasteiger partial charge on any atom is -0.495 e. The quantitative estimate of drug-likeness (QED) is 0.901. The number of anilines is 1. The number of ether oxygens (including phenoxy) is 1. The number of hydrogen-bond acceptors (Lipinski definition) is 4. The zero-order valence-electron chi connectivity index (χ0n) is 14.4. The highest BCUT2D eigenvalue weighted by molar-refractivity contribution is 6.31. The number of aryl methyl sites for hydroxylation is 1. The number of piperazine rings is 1. The van der Waals surface area contributed by atoms with Gasteiger partial charge in [0.1, 0.15) is 11.5 Å². The molecule has 3 rings (SSSR count). The Labute approximate surface area is 152 Å². The number of carbonyl (C=O) groups excluding carboxylic acids is 1. The van der Waals surface area contributed by atoms with Gasteiger partial charge in [0.25, 0.3) is 0 Å². The van der Waals surface area contributed by atoms with E-state index in [4.69, 9.17) is 20.8 Å². The Hall–Kier alpha value is -2.18. The molecule has 0 atom stereocenters. The Morgan fingerprint density at radius 1 is 1.32 bits per heavy atom. The van der Waals surface area contributed by atoms with Gasteiger partial charge in [-0.3, -0.25) is 4.90 Å². The molecule has 2 heterocycles. The number of urea groups is 1. The molecule has 0 saturated carbocycles. The summed E-state index contributed by atoms with van der Waals surface area (Å²) in [6, 6.07) is 7.27. The van der Waals surface area contributed by atoms with Crippen LogP contribution in [0.4, 0.5) is 10.5 Å². The number of furan rings is 1. The molecule has 1 saturated heterocycles. The lowest BCUT2D eigenvalue weighted by Crippen LogP contribution is -2.49. The fourth-order valence-corrected chi connectivity index (χ4v) is 3.01. The summed E-state index contributed by atoms with van der Waals surface area (Å²) in [5.41, 5.74) is 1.52. The summed E-state index contributed by atoms with van der Waals surface area (Å²) in [6.07, 6.45) is 1.68. The Balaban J connectivity index is 1.57. The molecule has 0 aliphatic carbocycles. The van der Waals surface area contributed by atoms with Crippen molar-refractivity contribution in [3.05, 3.63) is 46.9 Å². The van der Waals surface area contributed by atoms with Crippen LogP contribution in [0.15, 0.2) is 34.9 Å². The number of halogens is 1. The van der Waals surface area contributed by atoms with Gasteiger partial charge in [-0.25, -0.2) is 4.79 Å². The Bertz CT molecular complexity index is 725. The molecular formula is C18H22ClN3O3. The molecule has 0 radical (unpaired) electrons. The van der Waals surface area contributed by atoms with Crippen molar-refractivity contribution in [3.63, 3.8) is 0 Å². The highest BCUT2D eigenvalue weighted by Gasteiger charge is 2.22. The molecule has 6 nitrogen and oxygen atoms in total. The molecule has 1 aromatic heterocycles. The van der Waals surface area contributed by atoms with Crippen LogP contribution in [0.1, 0.15) is 11.3 Å². The van der Waals surface area contributed by atoms with Crippen molar-refractivity contribution in [2.45, 2.75) is 13.5 Å². The SMILES string of the molecule is COc1cc(Cl)c(C)cc1NC(=O)N1CCN(Cc2ccco2)CC1. The van der Waals surface area contributed by atoms with E-state index in [1.165, 1.54) is 0 Å². The Morgan fingerprint density at radius 2 is 2.08 bits per heavy atom. The van der Waals surface area contributed by atoms with E-state index in [1.807, 2.05) is 30.0 Å². The Kier molecular flexibility index (Phi) is 5.50. The first kappa shape index (κ1) is 17.6. The maximum absolute atomic E-state index is 12.5. The van der Waals surface area contributed by atoms with Gasteiger partial charge in [0, 0.05) is 37.3 Å².